The van der Waals surface area contributed by atoms with E-state index in [-0.39, 0.29) is 5.41 Å². The zero-order valence-corrected chi connectivity index (χ0v) is 36.9. The van der Waals surface area contributed by atoms with Crippen LogP contribution in [0.3, 0.4) is 0 Å². The Bertz CT molecular complexity index is 3590. The van der Waals surface area contributed by atoms with Crippen LogP contribution < -0.4 is 4.90 Å². The van der Waals surface area contributed by atoms with Gasteiger partial charge in [0.1, 0.15) is 11.2 Å². The zero-order chi connectivity index (χ0) is 44.0. The molecule has 0 aliphatic heterocycles. The molecule has 0 amide bonds. The third-order valence-corrected chi connectivity index (χ3v) is 14.6. The lowest BCUT2D eigenvalue weighted by Crippen LogP contribution is -2.28. The first-order chi connectivity index (χ1) is 32.5. The molecule has 0 saturated heterocycles. The molecule has 1 aromatic heterocycles. The minimum atomic E-state index is -0.479. The molecule has 2 heteroatoms. The maximum Gasteiger partial charge on any atom is 0.136 e. The molecular formula is C64H45NO. The Hall–Kier alpha value is -8.20. The third-order valence-electron chi connectivity index (χ3n) is 14.6. The van der Waals surface area contributed by atoms with E-state index in [0.717, 1.165) is 44.6 Å². The van der Waals surface area contributed by atoms with Crippen LogP contribution in [0.1, 0.15) is 47.2 Å². The lowest BCUT2D eigenvalue weighted by molar-refractivity contribution is 0.647. The highest BCUT2D eigenvalue weighted by Gasteiger charge is 2.46. The van der Waals surface area contributed by atoms with Crippen molar-refractivity contribution in [1.29, 1.82) is 0 Å². The SMILES string of the molecule is CC1(C)c2cc3oc4cc(-c5ccccc5)ccc4c3cc2-c2c(N(c3ccc(-c4ccccc4)cc3)c3ccc(C4(c5ccccc5)c5ccccc5-c5ccccc54)cc3)cccc21. The van der Waals surface area contributed by atoms with Gasteiger partial charge in [-0.25, -0.2) is 0 Å². The number of hydrogen-bond acceptors (Lipinski definition) is 2. The first kappa shape index (κ1) is 38.3. The maximum absolute atomic E-state index is 6.72. The molecule has 0 atom stereocenters. The van der Waals surface area contributed by atoms with Gasteiger partial charge >= 0.3 is 0 Å². The van der Waals surface area contributed by atoms with Crippen LogP contribution in [0.25, 0.3) is 66.4 Å². The molecule has 2 aliphatic rings. The van der Waals surface area contributed by atoms with E-state index in [1.165, 1.54) is 72.3 Å². The highest BCUT2D eigenvalue weighted by molar-refractivity contribution is 6.10. The van der Waals surface area contributed by atoms with Crippen LogP contribution in [-0.2, 0) is 10.8 Å². The van der Waals surface area contributed by atoms with Crippen molar-refractivity contribution in [3.63, 3.8) is 0 Å². The van der Waals surface area contributed by atoms with Crippen molar-refractivity contribution in [1.82, 2.24) is 0 Å². The van der Waals surface area contributed by atoms with Crippen LogP contribution in [0.4, 0.5) is 17.1 Å². The number of nitrogens with zero attached hydrogens (tertiary/aromatic N) is 1. The van der Waals surface area contributed by atoms with Crippen molar-refractivity contribution in [2.45, 2.75) is 24.7 Å². The van der Waals surface area contributed by atoms with Crippen molar-refractivity contribution in [2.75, 3.05) is 4.90 Å². The number of benzene rings is 10. The molecule has 0 saturated carbocycles. The molecule has 0 radical (unpaired) electrons. The van der Waals surface area contributed by atoms with Gasteiger partial charge in [0.05, 0.1) is 11.1 Å². The lowest BCUT2D eigenvalue weighted by Gasteiger charge is -2.34. The predicted octanol–water partition coefficient (Wildman–Crippen LogP) is 17.1. The Morgan fingerprint density at radius 1 is 0.348 bits per heavy atom. The molecule has 11 aromatic rings. The Morgan fingerprint density at radius 3 is 1.50 bits per heavy atom. The Labute approximate surface area is 385 Å². The van der Waals surface area contributed by atoms with E-state index in [1.807, 2.05) is 0 Å². The van der Waals surface area contributed by atoms with E-state index in [2.05, 4.69) is 255 Å². The summed E-state index contributed by atoms with van der Waals surface area (Å²) in [5.41, 5.74) is 21.9. The van der Waals surface area contributed by atoms with Crippen molar-refractivity contribution in [3.8, 4) is 44.5 Å². The summed E-state index contributed by atoms with van der Waals surface area (Å²) in [5, 5.41) is 2.26. The molecule has 0 unspecified atom stereocenters. The highest BCUT2D eigenvalue weighted by atomic mass is 16.3. The summed E-state index contributed by atoms with van der Waals surface area (Å²) in [6.07, 6.45) is 0. The fourth-order valence-electron chi connectivity index (χ4n) is 11.5. The second-order valence-electron chi connectivity index (χ2n) is 18.4. The molecule has 2 nitrogen and oxygen atoms in total. The van der Waals surface area contributed by atoms with E-state index in [0.29, 0.717) is 0 Å². The fraction of sp³-hybridized carbons (Fsp3) is 0.0625. The van der Waals surface area contributed by atoms with Gasteiger partial charge < -0.3 is 9.32 Å². The molecule has 0 bridgehead atoms. The average molecular weight is 844 g/mol. The summed E-state index contributed by atoms with van der Waals surface area (Å²) < 4.78 is 6.72. The first-order valence-corrected chi connectivity index (χ1v) is 23.0. The minimum Gasteiger partial charge on any atom is -0.456 e. The summed E-state index contributed by atoms with van der Waals surface area (Å²) in [6.45, 7) is 4.72. The summed E-state index contributed by atoms with van der Waals surface area (Å²) >= 11 is 0. The number of fused-ring (bicyclic) bond motifs is 9. The van der Waals surface area contributed by atoms with Crippen molar-refractivity contribution in [3.05, 3.63) is 270 Å². The monoisotopic (exact) mass is 843 g/mol. The van der Waals surface area contributed by atoms with Gasteiger partial charge in [-0.1, -0.05) is 196 Å². The summed E-state index contributed by atoms with van der Waals surface area (Å²) in [6, 6.07) is 86.9. The van der Waals surface area contributed by atoms with Crippen molar-refractivity contribution in [2.24, 2.45) is 0 Å². The topological polar surface area (TPSA) is 16.4 Å². The van der Waals surface area contributed by atoms with E-state index in [4.69, 9.17) is 4.42 Å². The largest absolute Gasteiger partial charge is 0.456 e. The van der Waals surface area contributed by atoms with Crippen LogP contribution in [0.5, 0.6) is 0 Å². The van der Waals surface area contributed by atoms with Crippen LogP contribution >= 0.6 is 0 Å². The summed E-state index contributed by atoms with van der Waals surface area (Å²) in [4.78, 5) is 2.47. The smallest absolute Gasteiger partial charge is 0.136 e. The van der Waals surface area contributed by atoms with Gasteiger partial charge in [-0.15, -0.1) is 0 Å². The Kier molecular flexibility index (Phi) is 8.51. The second kappa shape index (κ2) is 14.7. The molecular weight excluding hydrogens is 799 g/mol. The van der Waals surface area contributed by atoms with Crippen molar-refractivity contribution >= 4 is 39.0 Å². The van der Waals surface area contributed by atoms with E-state index in [1.54, 1.807) is 0 Å². The lowest BCUT2D eigenvalue weighted by atomic mass is 9.68. The Balaban J connectivity index is 1.01. The van der Waals surface area contributed by atoms with E-state index >= 15 is 0 Å². The number of hydrogen-bond donors (Lipinski definition) is 0. The normalized spacial score (nSPS) is 13.8. The van der Waals surface area contributed by atoms with Crippen LogP contribution in [0.2, 0.25) is 0 Å². The minimum absolute atomic E-state index is 0.263. The third kappa shape index (κ3) is 5.61. The molecule has 10 aromatic carbocycles. The molecule has 2 aliphatic carbocycles. The summed E-state index contributed by atoms with van der Waals surface area (Å²) in [7, 11) is 0. The predicted molar refractivity (Wildman–Crippen MR) is 274 cm³/mol. The second-order valence-corrected chi connectivity index (χ2v) is 18.4. The maximum atomic E-state index is 6.72. The van der Waals surface area contributed by atoms with E-state index in [9.17, 15) is 0 Å². The number of anilines is 3. The van der Waals surface area contributed by atoms with Crippen LogP contribution in [0, 0.1) is 0 Å². The average Bonchev–Trinajstić information content (AvgIpc) is 3.97. The van der Waals surface area contributed by atoms with Gasteiger partial charge in [0.2, 0.25) is 0 Å². The molecule has 0 spiro atoms. The molecule has 1 heterocycles. The number of furan rings is 1. The number of rotatable bonds is 7. The van der Waals surface area contributed by atoms with Crippen molar-refractivity contribution < 1.29 is 4.42 Å². The van der Waals surface area contributed by atoms with Gasteiger partial charge in [-0.05, 0) is 127 Å². The molecule has 312 valence electrons. The van der Waals surface area contributed by atoms with Gasteiger partial charge in [-0.3, -0.25) is 0 Å². The summed E-state index contributed by atoms with van der Waals surface area (Å²) in [5.74, 6) is 0. The molecule has 66 heavy (non-hydrogen) atoms. The standard InChI is InChI=1S/C64H45NO/c1-63(2)57-27-16-28-59(62(57)54-40-53-52-38-31-45(43-19-8-4-9-20-43)39-60(52)66-61(53)41-58(54)63)65(48-34-29-44(30-35-48)42-17-6-3-7-18-42)49-36-32-47(33-37-49)64(46-21-10-5-11-22-46)55-25-14-12-23-50(55)51-24-13-15-26-56(51)64/h3-41H,1-2H3. The van der Waals surface area contributed by atoms with Gasteiger partial charge in [0, 0.05) is 33.1 Å². The van der Waals surface area contributed by atoms with Crippen LogP contribution in [-0.4, -0.2) is 0 Å². The Morgan fingerprint density at radius 2 is 0.848 bits per heavy atom. The molecule has 0 N–H and O–H groups in total. The van der Waals surface area contributed by atoms with Gasteiger partial charge in [-0.2, -0.15) is 0 Å². The first-order valence-electron chi connectivity index (χ1n) is 23.0. The van der Waals surface area contributed by atoms with E-state index < -0.39 is 5.41 Å². The zero-order valence-electron chi connectivity index (χ0n) is 36.9. The van der Waals surface area contributed by atoms with Gasteiger partial charge in [0.15, 0.2) is 0 Å². The highest BCUT2D eigenvalue weighted by Crippen LogP contribution is 2.58. The molecule has 13 rings (SSSR count). The fourth-order valence-corrected chi connectivity index (χ4v) is 11.5. The molecule has 0 fully saturated rings. The van der Waals surface area contributed by atoms with Crippen LogP contribution in [0.15, 0.2) is 241 Å². The van der Waals surface area contributed by atoms with Gasteiger partial charge in [0.25, 0.3) is 0 Å². The quantitative estimate of drug-likeness (QED) is 0.159.